The molecule has 1 saturated heterocycles. The third-order valence-electron chi connectivity index (χ3n) is 4.50. The van der Waals surface area contributed by atoms with Gasteiger partial charge in [-0.2, -0.15) is 0 Å². The Morgan fingerprint density at radius 3 is 2.21 bits per heavy atom. The van der Waals surface area contributed by atoms with Gasteiger partial charge in [-0.25, -0.2) is 0 Å². The number of aromatic nitrogens is 1. The first-order valence-corrected chi connectivity index (χ1v) is 7.13. The molecule has 2 aliphatic rings. The zero-order valence-corrected chi connectivity index (χ0v) is 12.5. The predicted octanol–water partition coefficient (Wildman–Crippen LogP) is 2.57. The van der Waals surface area contributed by atoms with Crippen LogP contribution in [0.2, 0.25) is 0 Å². The second kappa shape index (κ2) is 4.06. The Balaban J connectivity index is 1.91. The molecule has 2 heterocycles. The molecule has 0 unspecified atom stereocenters. The lowest BCUT2D eigenvalue weighted by Gasteiger charge is -2.32. The summed E-state index contributed by atoms with van der Waals surface area (Å²) in [5, 5.41) is 0. The molecule has 0 amide bonds. The van der Waals surface area contributed by atoms with Gasteiger partial charge in [0.2, 0.25) is 0 Å². The zero-order valence-electron chi connectivity index (χ0n) is 12.5. The first-order chi connectivity index (χ1) is 8.78. The molecule has 4 heteroatoms. The lowest BCUT2D eigenvalue weighted by atomic mass is 9.83. The summed E-state index contributed by atoms with van der Waals surface area (Å²) < 4.78 is 12.2. The summed E-state index contributed by atoms with van der Waals surface area (Å²) in [5.41, 5.74) is 2.75. The maximum atomic E-state index is 6.08. The van der Waals surface area contributed by atoms with Crippen molar-refractivity contribution >= 4 is 12.7 Å². The maximum absolute atomic E-state index is 6.08. The summed E-state index contributed by atoms with van der Waals surface area (Å²) in [7, 11) is -0.345. The minimum absolute atomic E-state index is 0.303. The number of hydrogen-bond donors (Lipinski definition) is 0. The smallest absolute Gasteiger partial charge is 0.398 e. The third kappa shape index (κ3) is 2.32. The zero-order chi connectivity index (χ0) is 13.8. The molecule has 102 valence electrons. The summed E-state index contributed by atoms with van der Waals surface area (Å²) in [6.07, 6.45) is 2.53. The van der Waals surface area contributed by atoms with Crippen molar-refractivity contribution in [3.8, 4) is 0 Å². The van der Waals surface area contributed by atoms with Crippen molar-refractivity contribution in [2.24, 2.45) is 0 Å². The lowest BCUT2D eigenvalue weighted by Crippen LogP contribution is -2.41. The van der Waals surface area contributed by atoms with Crippen LogP contribution in [0.5, 0.6) is 0 Å². The van der Waals surface area contributed by atoms with E-state index >= 15 is 0 Å². The molecule has 1 aliphatic carbocycles. The molecule has 0 bridgehead atoms. The Morgan fingerprint density at radius 1 is 1.11 bits per heavy atom. The first kappa shape index (κ1) is 13.1. The van der Waals surface area contributed by atoms with Gasteiger partial charge in [0.1, 0.15) is 0 Å². The van der Waals surface area contributed by atoms with Crippen LogP contribution < -0.4 is 5.59 Å². The van der Waals surface area contributed by atoms with Gasteiger partial charge in [0.05, 0.1) is 16.8 Å². The molecule has 2 fully saturated rings. The molecule has 0 atom stereocenters. The van der Waals surface area contributed by atoms with Gasteiger partial charge in [-0.3, -0.25) is 4.98 Å². The van der Waals surface area contributed by atoms with E-state index in [1.165, 1.54) is 24.1 Å². The van der Waals surface area contributed by atoms with Crippen LogP contribution in [0, 0.1) is 6.92 Å². The average Bonchev–Trinajstić information content (AvgIpc) is 3.06. The van der Waals surface area contributed by atoms with Gasteiger partial charge in [-0.05, 0) is 65.2 Å². The van der Waals surface area contributed by atoms with Crippen LogP contribution in [0.4, 0.5) is 0 Å². The molecular formula is C15H22BNO2. The quantitative estimate of drug-likeness (QED) is 0.765. The van der Waals surface area contributed by atoms with Gasteiger partial charge in [0.15, 0.2) is 0 Å². The van der Waals surface area contributed by atoms with Crippen LogP contribution in [0.15, 0.2) is 12.1 Å². The Labute approximate surface area is 115 Å². The number of nitrogens with zero attached hydrogens (tertiary/aromatic N) is 1. The van der Waals surface area contributed by atoms with Crippen molar-refractivity contribution in [1.29, 1.82) is 0 Å². The van der Waals surface area contributed by atoms with E-state index in [9.17, 15) is 0 Å². The fourth-order valence-electron chi connectivity index (χ4n) is 2.39. The fraction of sp³-hybridized carbons (Fsp3) is 0.667. The van der Waals surface area contributed by atoms with Gasteiger partial charge < -0.3 is 9.31 Å². The topological polar surface area (TPSA) is 31.4 Å². The van der Waals surface area contributed by atoms with Gasteiger partial charge in [-0.1, -0.05) is 0 Å². The number of pyridine rings is 1. The summed E-state index contributed by atoms with van der Waals surface area (Å²) >= 11 is 0. The van der Waals surface area contributed by atoms with E-state index in [0.29, 0.717) is 5.92 Å². The summed E-state index contributed by atoms with van der Waals surface area (Å²) in [4.78, 5) is 4.76. The normalized spacial score (nSPS) is 24.8. The molecule has 0 N–H and O–H groups in total. The standard InChI is InChI=1S/C15H22BNO2/c1-10-8-12(11-6-7-11)17-13(9-10)16-18-14(2,3)15(4,5)19-16/h8-9,11H,6-7H2,1-5H3. The van der Waals surface area contributed by atoms with Crippen LogP contribution in [0.3, 0.4) is 0 Å². The molecule has 3 nitrogen and oxygen atoms in total. The van der Waals surface area contributed by atoms with Gasteiger partial charge in [0, 0.05) is 11.6 Å². The van der Waals surface area contributed by atoms with E-state index < -0.39 is 0 Å². The predicted molar refractivity (Wildman–Crippen MR) is 76.7 cm³/mol. The van der Waals surface area contributed by atoms with Crippen LogP contribution in [-0.4, -0.2) is 23.3 Å². The highest BCUT2D eigenvalue weighted by Crippen LogP contribution is 2.39. The highest BCUT2D eigenvalue weighted by molar-refractivity contribution is 6.61. The Kier molecular flexibility index (Phi) is 2.81. The fourth-order valence-corrected chi connectivity index (χ4v) is 2.39. The first-order valence-electron chi connectivity index (χ1n) is 7.13. The monoisotopic (exact) mass is 259 g/mol. The number of hydrogen-bond acceptors (Lipinski definition) is 3. The lowest BCUT2D eigenvalue weighted by molar-refractivity contribution is 0.00578. The summed E-state index contributed by atoms with van der Waals surface area (Å²) in [6.45, 7) is 10.4. The summed E-state index contributed by atoms with van der Waals surface area (Å²) in [5.74, 6) is 0.654. The van der Waals surface area contributed by atoms with E-state index in [-0.39, 0.29) is 18.3 Å². The average molecular weight is 259 g/mol. The van der Waals surface area contributed by atoms with Gasteiger partial charge in [-0.15, -0.1) is 0 Å². The second-order valence-electron chi connectivity index (χ2n) is 6.86. The van der Waals surface area contributed by atoms with Crippen molar-refractivity contribution in [3.63, 3.8) is 0 Å². The number of aryl methyl sites for hydroxylation is 1. The van der Waals surface area contributed by atoms with E-state index in [1.807, 2.05) is 0 Å². The van der Waals surface area contributed by atoms with Crippen LogP contribution in [-0.2, 0) is 9.31 Å². The Hall–Kier alpha value is -0.865. The second-order valence-corrected chi connectivity index (χ2v) is 6.86. The molecule has 19 heavy (non-hydrogen) atoms. The molecular weight excluding hydrogens is 237 g/mol. The van der Waals surface area contributed by atoms with Crippen molar-refractivity contribution in [2.45, 2.75) is 64.6 Å². The molecule has 3 rings (SSSR count). The van der Waals surface area contributed by atoms with E-state index in [0.717, 1.165) is 5.59 Å². The Morgan fingerprint density at radius 2 is 1.68 bits per heavy atom. The maximum Gasteiger partial charge on any atom is 0.514 e. The summed E-state index contributed by atoms with van der Waals surface area (Å²) in [6, 6.07) is 4.26. The van der Waals surface area contributed by atoms with Crippen molar-refractivity contribution in [3.05, 3.63) is 23.4 Å². The van der Waals surface area contributed by atoms with E-state index in [2.05, 4.69) is 46.8 Å². The Bertz CT molecular complexity index is 493. The minimum atomic E-state index is -0.345. The highest BCUT2D eigenvalue weighted by Gasteiger charge is 2.52. The molecule has 0 spiro atoms. The van der Waals surface area contributed by atoms with Crippen LogP contribution >= 0.6 is 0 Å². The molecule has 1 saturated carbocycles. The van der Waals surface area contributed by atoms with Crippen molar-refractivity contribution in [2.75, 3.05) is 0 Å². The minimum Gasteiger partial charge on any atom is -0.398 e. The highest BCUT2D eigenvalue weighted by atomic mass is 16.7. The molecule has 1 aliphatic heterocycles. The van der Waals surface area contributed by atoms with Crippen molar-refractivity contribution in [1.82, 2.24) is 4.98 Å². The van der Waals surface area contributed by atoms with Gasteiger partial charge >= 0.3 is 7.12 Å². The largest absolute Gasteiger partial charge is 0.514 e. The van der Waals surface area contributed by atoms with Crippen LogP contribution in [0.25, 0.3) is 0 Å². The van der Waals surface area contributed by atoms with Crippen molar-refractivity contribution < 1.29 is 9.31 Å². The SMILES string of the molecule is Cc1cc(B2OC(C)(C)C(C)(C)O2)nc(C2CC2)c1. The van der Waals surface area contributed by atoms with Gasteiger partial charge in [0.25, 0.3) is 0 Å². The third-order valence-corrected chi connectivity index (χ3v) is 4.50. The van der Waals surface area contributed by atoms with E-state index in [1.54, 1.807) is 0 Å². The molecule has 0 radical (unpaired) electrons. The van der Waals surface area contributed by atoms with E-state index in [4.69, 9.17) is 14.3 Å². The molecule has 1 aromatic rings. The van der Waals surface area contributed by atoms with Crippen LogP contribution in [0.1, 0.15) is 57.7 Å². The number of rotatable bonds is 2. The molecule has 0 aromatic carbocycles. The molecule has 1 aromatic heterocycles.